The van der Waals surface area contributed by atoms with E-state index >= 15 is 0 Å². The fourth-order valence-corrected chi connectivity index (χ4v) is 7.65. The standard InChI is InChI=1S/C35H40FN5O4S/c1-25(42)21-38-46(44,45)32-13-7-26(8-14-32)23-39-18-15-28(16-19-39)34-33(22-37-41(34)31-11-9-30(36)10-12-31)35(43)40-20-17-29(24-40)27-5-3-2-4-6-27/h2-14,22,25,28-29,38,42H,15-21,23-24H2,1H3. The van der Waals surface area contributed by atoms with E-state index in [4.69, 9.17) is 0 Å². The molecule has 4 aromatic rings. The predicted octanol–water partition coefficient (Wildman–Crippen LogP) is 4.68. The van der Waals surface area contributed by atoms with Gasteiger partial charge in [0.25, 0.3) is 5.91 Å². The number of carbonyl (C=O) groups excluding carboxylic acids is 1. The zero-order valence-corrected chi connectivity index (χ0v) is 26.7. The normalized spacial score (nSPS) is 18.6. The van der Waals surface area contributed by atoms with Crippen molar-refractivity contribution in [3.8, 4) is 5.69 Å². The Kier molecular flexibility index (Phi) is 9.65. The van der Waals surface area contributed by atoms with Crippen LogP contribution in [0.1, 0.15) is 65.2 Å². The van der Waals surface area contributed by atoms with E-state index in [0.717, 1.165) is 49.3 Å². The number of hydrogen-bond donors (Lipinski definition) is 2. The van der Waals surface area contributed by atoms with Gasteiger partial charge in [-0.05, 0) is 86.8 Å². The number of likely N-dealkylation sites (tertiary alicyclic amines) is 2. The summed E-state index contributed by atoms with van der Waals surface area (Å²) in [5.41, 5.74) is 4.45. The van der Waals surface area contributed by atoms with Crippen molar-refractivity contribution >= 4 is 15.9 Å². The summed E-state index contributed by atoms with van der Waals surface area (Å²) in [6, 6.07) is 23.4. The number of amides is 1. The molecule has 3 heterocycles. The number of carbonyl (C=O) groups is 1. The van der Waals surface area contributed by atoms with Gasteiger partial charge >= 0.3 is 0 Å². The summed E-state index contributed by atoms with van der Waals surface area (Å²) in [5, 5.41) is 14.1. The molecular weight excluding hydrogens is 605 g/mol. The molecule has 0 spiro atoms. The Morgan fingerprint density at radius 1 is 0.957 bits per heavy atom. The number of piperidine rings is 1. The van der Waals surface area contributed by atoms with Gasteiger partial charge in [0.05, 0.1) is 34.1 Å². The van der Waals surface area contributed by atoms with Crippen LogP contribution in [0.15, 0.2) is 90.0 Å². The Labute approximate surface area is 269 Å². The van der Waals surface area contributed by atoms with Crippen LogP contribution in [0.2, 0.25) is 0 Å². The van der Waals surface area contributed by atoms with Crippen LogP contribution < -0.4 is 4.72 Å². The van der Waals surface area contributed by atoms with Crippen LogP contribution in [0.4, 0.5) is 4.39 Å². The topological polar surface area (TPSA) is 108 Å². The largest absolute Gasteiger partial charge is 0.392 e. The van der Waals surface area contributed by atoms with E-state index in [1.165, 1.54) is 24.6 Å². The Hall–Kier alpha value is -3.90. The monoisotopic (exact) mass is 645 g/mol. The van der Waals surface area contributed by atoms with Gasteiger partial charge < -0.3 is 10.0 Å². The second kappa shape index (κ2) is 13.8. The average Bonchev–Trinajstić information content (AvgIpc) is 3.74. The predicted molar refractivity (Wildman–Crippen MR) is 174 cm³/mol. The molecule has 2 saturated heterocycles. The number of halogens is 1. The average molecular weight is 646 g/mol. The lowest BCUT2D eigenvalue weighted by molar-refractivity contribution is 0.0788. The quantitative estimate of drug-likeness (QED) is 0.260. The summed E-state index contributed by atoms with van der Waals surface area (Å²) in [5.74, 6) is 0.0522. The Bertz CT molecular complexity index is 1740. The molecule has 0 radical (unpaired) electrons. The first-order valence-corrected chi connectivity index (χ1v) is 17.3. The van der Waals surface area contributed by atoms with Crippen molar-refractivity contribution in [1.29, 1.82) is 0 Å². The van der Waals surface area contributed by atoms with Crippen LogP contribution in [0.25, 0.3) is 5.69 Å². The molecule has 242 valence electrons. The van der Waals surface area contributed by atoms with Crippen molar-refractivity contribution < 1.29 is 22.7 Å². The second-order valence-corrected chi connectivity index (χ2v) is 14.1. The molecule has 9 nitrogen and oxygen atoms in total. The van der Waals surface area contributed by atoms with Gasteiger partial charge in [0.1, 0.15) is 5.82 Å². The maximum atomic E-state index is 14.0. The van der Waals surface area contributed by atoms with E-state index in [1.54, 1.807) is 30.5 Å². The summed E-state index contributed by atoms with van der Waals surface area (Å²) in [6.07, 6.45) is 3.45. The van der Waals surface area contributed by atoms with Gasteiger partial charge in [0.2, 0.25) is 10.0 Å². The molecule has 1 aromatic heterocycles. The summed E-state index contributed by atoms with van der Waals surface area (Å²) in [4.78, 5) is 18.4. The molecule has 46 heavy (non-hydrogen) atoms. The molecule has 2 aliphatic rings. The molecule has 2 N–H and O–H groups in total. The van der Waals surface area contributed by atoms with Gasteiger partial charge in [-0.15, -0.1) is 0 Å². The van der Waals surface area contributed by atoms with Crippen molar-refractivity contribution in [1.82, 2.24) is 24.3 Å². The third-order valence-corrected chi connectivity index (χ3v) is 10.5. The molecule has 2 unspecified atom stereocenters. The highest BCUT2D eigenvalue weighted by molar-refractivity contribution is 7.89. The molecule has 6 rings (SSSR count). The number of aliphatic hydroxyl groups excluding tert-OH is 1. The van der Waals surface area contributed by atoms with Crippen LogP contribution in [-0.4, -0.2) is 77.8 Å². The number of nitrogens with zero attached hydrogens (tertiary/aromatic N) is 4. The molecule has 2 aliphatic heterocycles. The molecule has 0 saturated carbocycles. The fourth-order valence-electron chi connectivity index (χ4n) is 6.53. The van der Waals surface area contributed by atoms with Crippen LogP contribution in [-0.2, 0) is 16.6 Å². The fraction of sp³-hybridized carbons (Fsp3) is 0.371. The summed E-state index contributed by atoms with van der Waals surface area (Å²) in [7, 11) is -3.69. The Morgan fingerprint density at radius 2 is 1.63 bits per heavy atom. The van der Waals surface area contributed by atoms with Crippen molar-refractivity contribution in [3.05, 3.63) is 113 Å². The van der Waals surface area contributed by atoms with Crippen LogP contribution >= 0.6 is 0 Å². The van der Waals surface area contributed by atoms with Crippen LogP contribution in [0.3, 0.4) is 0 Å². The third kappa shape index (κ3) is 7.23. The molecule has 2 atom stereocenters. The number of sulfonamides is 1. The molecule has 3 aromatic carbocycles. The van der Waals surface area contributed by atoms with Gasteiger partial charge in [-0.25, -0.2) is 22.2 Å². The van der Waals surface area contributed by atoms with E-state index in [-0.39, 0.29) is 29.1 Å². The van der Waals surface area contributed by atoms with Crippen molar-refractivity contribution in [2.24, 2.45) is 0 Å². The van der Waals surface area contributed by atoms with Crippen molar-refractivity contribution in [2.75, 3.05) is 32.7 Å². The lowest BCUT2D eigenvalue weighted by Gasteiger charge is -2.33. The van der Waals surface area contributed by atoms with E-state index in [0.29, 0.717) is 31.1 Å². The highest BCUT2D eigenvalue weighted by Gasteiger charge is 2.34. The minimum atomic E-state index is -3.69. The SMILES string of the molecule is CC(O)CNS(=O)(=O)c1ccc(CN2CCC(c3c(C(=O)N4CCC(c5ccccc5)C4)cnn3-c3ccc(F)cc3)CC2)cc1. The first kappa shape index (κ1) is 32.1. The summed E-state index contributed by atoms with van der Waals surface area (Å²) < 4.78 is 43.0. The molecule has 0 bridgehead atoms. The Morgan fingerprint density at radius 3 is 2.30 bits per heavy atom. The first-order valence-electron chi connectivity index (χ1n) is 15.8. The highest BCUT2D eigenvalue weighted by atomic mass is 32.2. The maximum Gasteiger partial charge on any atom is 0.257 e. The molecular formula is C35H40FN5O4S. The molecule has 2 fully saturated rings. The second-order valence-electron chi connectivity index (χ2n) is 12.4. The zero-order valence-electron chi connectivity index (χ0n) is 25.9. The van der Waals surface area contributed by atoms with Gasteiger partial charge in [-0.1, -0.05) is 42.5 Å². The minimum Gasteiger partial charge on any atom is -0.392 e. The maximum absolute atomic E-state index is 14.0. The van der Waals surface area contributed by atoms with E-state index < -0.39 is 16.1 Å². The lowest BCUT2D eigenvalue weighted by atomic mass is 9.90. The van der Waals surface area contributed by atoms with E-state index in [9.17, 15) is 22.7 Å². The minimum absolute atomic E-state index is 0.0119. The third-order valence-electron chi connectivity index (χ3n) is 9.04. The lowest BCUT2D eigenvalue weighted by Crippen LogP contribution is -2.34. The van der Waals surface area contributed by atoms with E-state index in [2.05, 4.69) is 26.9 Å². The number of rotatable bonds is 10. The molecule has 0 aliphatic carbocycles. The molecule has 11 heteroatoms. The van der Waals surface area contributed by atoms with E-state index in [1.807, 2.05) is 39.9 Å². The summed E-state index contributed by atoms with van der Waals surface area (Å²) in [6.45, 7) is 5.10. The number of hydrogen-bond acceptors (Lipinski definition) is 6. The van der Waals surface area contributed by atoms with Crippen molar-refractivity contribution in [3.63, 3.8) is 0 Å². The highest BCUT2D eigenvalue weighted by Crippen LogP contribution is 2.35. The zero-order chi connectivity index (χ0) is 32.3. The molecule has 1 amide bonds. The Balaban J connectivity index is 1.16. The van der Waals surface area contributed by atoms with Crippen LogP contribution in [0.5, 0.6) is 0 Å². The van der Waals surface area contributed by atoms with Gasteiger partial charge in [-0.3, -0.25) is 9.69 Å². The van der Waals surface area contributed by atoms with Gasteiger partial charge in [-0.2, -0.15) is 5.10 Å². The van der Waals surface area contributed by atoms with Gasteiger partial charge in [0, 0.05) is 38.0 Å². The van der Waals surface area contributed by atoms with Crippen molar-refractivity contribution in [2.45, 2.75) is 55.6 Å². The number of nitrogens with one attached hydrogen (secondary N) is 1. The van der Waals surface area contributed by atoms with Gasteiger partial charge in [0.15, 0.2) is 0 Å². The number of aliphatic hydroxyl groups is 1. The summed E-state index contributed by atoms with van der Waals surface area (Å²) >= 11 is 0. The first-order chi connectivity index (χ1) is 22.2. The van der Waals surface area contributed by atoms with Crippen LogP contribution in [0, 0.1) is 5.82 Å². The number of aromatic nitrogens is 2. The number of benzene rings is 3. The smallest absolute Gasteiger partial charge is 0.257 e.